The number of aromatic nitrogens is 4. The molecule has 0 aromatic carbocycles. The summed E-state index contributed by atoms with van der Waals surface area (Å²) in [4.78, 5) is 11.6. The molecule has 0 radical (unpaired) electrons. The van der Waals surface area contributed by atoms with Crippen LogP contribution in [0, 0.1) is 0 Å². The molecule has 0 bridgehead atoms. The van der Waals surface area contributed by atoms with E-state index < -0.39 is 0 Å². The quantitative estimate of drug-likeness (QED) is 0.496. The van der Waals surface area contributed by atoms with Crippen LogP contribution in [0.4, 0.5) is 0 Å². The van der Waals surface area contributed by atoms with Gasteiger partial charge in [0, 0.05) is 0 Å². The predicted octanol–water partition coefficient (Wildman–Crippen LogP) is -0.460. The van der Waals surface area contributed by atoms with Crippen molar-refractivity contribution in [3.05, 3.63) is 18.9 Å². The van der Waals surface area contributed by atoms with Gasteiger partial charge in [-0.3, -0.25) is 0 Å². The molecule has 2 rings (SSSR count). The Morgan fingerprint density at radius 3 is 3.10 bits per heavy atom. The van der Waals surface area contributed by atoms with Crippen molar-refractivity contribution in [2.75, 3.05) is 5.84 Å². The lowest BCUT2D eigenvalue weighted by atomic mass is 10.6. The second-order valence-corrected chi connectivity index (χ2v) is 1.88. The smallest absolute Gasteiger partial charge is 0.182 e. The molecule has 0 amide bonds. The van der Waals surface area contributed by atoms with E-state index in [1.807, 2.05) is 0 Å². The van der Waals surface area contributed by atoms with Crippen molar-refractivity contribution < 1.29 is 0 Å². The molecule has 10 heavy (non-hydrogen) atoms. The molecule has 2 aromatic heterocycles. The molecule has 50 valence electrons. The second kappa shape index (κ2) is 1.66. The lowest BCUT2D eigenvalue weighted by molar-refractivity contribution is 1.03. The number of nitrogen functional groups attached to an aromatic ring is 1. The van der Waals surface area contributed by atoms with Crippen LogP contribution in [0.2, 0.25) is 0 Å². The van der Waals surface area contributed by atoms with Crippen molar-refractivity contribution in [3.63, 3.8) is 0 Å². The average Bonchev–Trinajstić information content (AvgIpc) is 2.34. The molecule has 2 aromatic rings. The van der Waals surface area contributed by atoms with E-state index in [0.717, 1.165) is 5.52 Å². The molecule has 0 unspecified atom stereocenters. The third kappa shape index (κ3) is 0.540. The zero-order valence-corrected chi connectivity index (χ0v) is 5.10. The lowest BCUT2D eigenvalue weighted by Gasteiger charge is -1.89. The molecule has 0 atom stereocenters. The Morgan fingerprint density at radius 1 is 1.40 bits per heavy atom. The highest BCUT2D eigenvalue weighted by Crippen LogP contribution is 2.02. The molecule has 5 heteroatoms. The van der Waals surface area contributed by atoms with Gasteiger partial charge in [-0.15, -0.1) is 0 Å². The van der Waals surface area contributed by atoms with Gasteiger partial charge >= 0.3 is 0 Å². The van der Waals surface area contributed by atoms with Gasteiger partial charge in [0.2, 0.25) is 0 Å². The van der Waals surface area contributed by atoms with Crippen molar-refractivity contribution >= 4 is 11.2 Å². The summed E-state index contributed by atoms with van der Waals surface area (Å²) in [5, 5.41) is 0. The minimum atomic E-state index is 0.623. The van der Waals surface area contributed by atoms with Gasteiger partial charge in [-0.05, 0) is 0 Å². The van der Waals surface area contributed by atoms with Crippen molar-refractivity contribution in [1.29, 1.82) is 0 Å². The van der Waals surface area contributed by atoms with Gasteiger partial charge in [0.25, 0.3) is 0 Å². The third-order valence-electron chi connectivity index (χ3n) is 1.26. The molecule has 0 aliphatic rings. The summed E-state index contributed by atoms with van der Waals surface area (Å²) in [5.41, 5.74) is 1.36. The molecule has 0 saturated carbocycles. The molecule has 0 aliphatic carbocycles. The van der Waals surface area contributed by atoms with E-state index in [1.165, 1.54) is 17.3 Å². The van der Waals surface area contributed by atoms with E-state index in [-0.39, 0.29) is 0 Å². The standard InChI is InChI=1S/C5H5N5/c6-10-3-9-5-4(10)1-7-2-8-5/h1-3H,6H2. The zero-order chi connectivity index (χ0) is 6.97. The van der Waals surface area contributed by atoms with E-state index in [1.54, 1.807) is 6.20 Å². The van der Waals surface area contributed by atoms with Crippen LogP contribution in [0.3, 0.4) is 0 Å². The maximum absolute atomic E-state index is 5.45. The minimum absolute atomic E-state index is 0.623. The summed E-state index contributed by atoms with van der Waals surface area (Å²) >= 11 is 0. The van der Waals surface area contributed by atoms with Gasteiger partial charge in [0.15, 0.2) is 5.65 Å². The van der Waals surface area contributed by atoms with Crippen LogP contribution in [-0.4, -0.2) is 19.6 Å². The maximum atomic E-state index is 5.45. The van der Waals surface area contributed by atoms with Gasteiger partial charge in [-0.1, -0.05) is 0 Å². The molecular formula is C5H5N5. The molecule has 0 spiro atoms. The predicted molar refractivity (Wildman–Crippen MR) is 35.5 cm³/mol. The maximum Gasteiger partial charge on any atom is 0.182 e. The minimum Gasteiger partial charge on any atom is -0.338 e. The summed E-state index contributed by atoms with van der Waals surface area (Å²) < 4.78 is 1.38. The number of hydrogen-bond acceptors (Lipinski definition) is 4. The Balaban J connectivity index is 2.93. The number of nitrogens with zero attached hydrogens (tertiary/aromatic N) is 4. The Kier molecular flexibility index (Phi) is 0.858. The first kappa shape index (κ1) is 5.16. The monoisotopic (exact) mass is 135 g/mol. The largest absolute Gasteiger partial charge is 0.338 e. The first-order valence-electron chi connectivity index (χ1n) is 2.76. The number of nitrogens with two attached hydrogens (primary N) is 1. The third-order valence-corrected chi connectivity index (χ3v) is 1.26. The summed E-state index contributed by atoms with van der Waals surface area (Å²) in [6, 6.07) is 0. The van der Waals surface area contributed by atoms with E-state index in [2.05, 4.69) is 15.0 Å². The lowest BCUT2D eigenvalue weighted by Crippen LogP contribution is -2.05. The average molecular weight is 135 g/mol. The highest BCUT2D eigenvalue weighted by Gasteiger charge is 1.97. The molecule has 5 nitrogen and oxygen atoms in total. The number of fused-ring (bicyclic) bond motifs is 1. The summed E-state index contributed by atoms with van der Waals surface area (Å²) in [6.07, 6.45) is 4.56. The molecular weight excluding hydrogens is 130 g/mol. The van der Waals surface area contributed by atoms with Crippen molar-refractivity contribution in [2.24, 2.45) is 0 Å². The fourth-order valence-electron chi connectivity index (χ4n) is 0.777. The SMILES string of the molecule is Nn1cnc2ncncc21. The van der Waals surface area contributed by atoms with Crippen LogP contribution in [-0.2, 0) is 0 Å². The number of hydrogen-bond donors (Lipinski definition) is 1. The van der Waals surface area contributed by atoms with Crippen molar-refractivity contribution in [2.45, 2.75) is 0 Å². The van der Waals surface area contributed by atoms with Crippen LogP contribution in [0.5, 0.6) is 0 Å². The molecule has 0 saturated heterocycles. The van der Waals surface area contributed by atoms with E-state index in [0.29, 0.717) is 5.65 Å². The number of imidazole rings is 1. The Labute approximate surface area is 56.5 Å². The second-order valence-electron chi connectivity index (χ2n) is 1.88. The van der Waals surface area contributed by atoms with E-state index in [4.69, 9.17) is 5.84 Å². The van der Waals surface area contributed by atoms with Gasteiger partial charge in [0.05, 0.1) is 6.20 Å². The van der Waals surface area contributed by atoms with Gasteiger partial charge in [0.1, 0.15) is 18.2 Å². The van der Waals surface area contributed by atoms with Crippen LogP contribution in [0.1, 0.15) is 0 Å². The molecule has 0 fully saturated rings. The summed E-state index contributed by atoms with van der Waals surface area (Å²) in [5.74, 6) is 5.45. The highest BCUT2D eigenvalue weighted by atomic mass is 15.3. The normalized spacial score (nSPS) is 10.4. The summed E-state index contributed by atoms with van der Waals surface area (Å²) in [7, 11) is 0. The first-order valence-corrected chi connectivity index (χ1v) is 2.76. The van der Waals surface area contributed by atoms with Crippen LogP contribution in [0.15, 0.2) is 18.9 Å². The van der Waals surface area contributed by atoms with Gasteiger partial charge in [-0.25, -0.2) is 19.6 Å². The fourth-order valence-corrected chi connectivity index (χ4v) is 0.777. The Morgan fingerprint density at radius 2 is 2.30 bits per heavy atom. The molecule has 2 heterocycles. The number of rotatable bonds is 0. The molecule has 2 N–H and O–H groups in total. The van der Waals surface area contributed by atoms with Gasteiger partial charge in [-0.2, -0.15) is 0 Å². The van der Waals surface area contributed by atoms with Gasteiger partial charge < -0.3 is 5.84 Å². The van der Waals surface area contributed by atoms with Crippen molar-refractivity contribution in [3.8, 4) is 0 Å². The summed E-state index contributed by atoms with van der Waals surface area (Å²) in [6.45, 7) is 0. The van der Waals surface area contributed by atoms with Crippen LogP contribution < -0.4 is 5.84 Å². The van der Waals surface area contributed by atoms with Crippen LogP contribution in [0.25, 0.3) is 11.2 Å². The fraction of sp³-hybridized carbons (Fsp3) is 0. The molecule has 0 aliphatic heterocycles. The van der Waals surface area contributed by atoms with E-state index in [9.17, 15) is 0 Å². The first-order chi connectivity index (χ1) is 4.88. The zero-order valence-electron chi connectivity index (χ0n) is 5.10. The Hall–Kier alpha value is -1.65. The highest BCUT2D eigenvalue weighted by molar-refractivity contribution is 5.68. The topological polar surface area (TPSA) is 69.6 Å². The van der Waals surface area contributed by atoms with Crippen molar-refractivity contribution in [1.82, 2.24) is 19.6 Å². The van der Waals surface area contributed by atoms with Crippen LogP contribution >= 0.6 is 0 Å². The Bertz CT molecular complexity index is 352. The van der Waals surface area contributed by atoms with E-state index >= 15 is 0 Å².